The standard InChI is InChI=1S/C27H41N7O6/c1-15(2)23(34-24(36)18(29)8-5-6-12-28)26(38)32-20(10-11-22(30)35)25(37)33-21(27(39)40)13-16-14-31-19-9-4-3-7-17(16)19/h3-4,7,9,14-15,18,20-21,23,31H,5-6,8,10-13,28-29H2,1-2H3,(H2,30,35)(H,32,38)(H,33,37)(H,34,36)(H,39,40). The number of carboxylic acid groups (broad SMARTS) is 1. The number of hydrogen-bond donors (Lipinski definition) is 8. The van der Waals surface area contributed by atoms with Crippen LogP contribution in [0.3, 0.4) is 0 Å². The molecule has 13 nitrogen and oxygen atoms in total. The van der Waals surface area contributed by atoms with Crippen LogP contribution in [0.15, 0.2) is 30.5 Å². The zero-order valence-electron chi connectivity index (χ0n) is 22.9. The van der Waals surface area contributed by atoms with E-state index < -0.39 is 53.8 Å². The normalized spacial score (nSPS) is 14.2. The number of hydrogen-bond acceptors (Lipinski definition) is 7. The Hall–Kier alpha value is -3.97. The molecule has 1 aromatic carbocycles. The molecule has 4 amide bonds. The lowest BCUT2D eigenvalue weighted by molar-refractivity contribution is -0.142. The number of aromatic amines is 1. The van der Waals surface area contributed by atoms with E-state index in [0.717, 1.165) is 10.9 Å². The van der Waals surface area contributed by atoms with Gasteiger partial charge >= 0.3 is 5.97 Å². The van der Waals surface area contributed by atoms with Crippen molar-refractivity contribution in [2.75, 3.05) is 6.54 Å². The lowest BCUT2D eigenvalue weighted by Gasteiger charge is -2.27. The quantitative estimate of drug-likeness (QED) is 0.119. The minimum absolute atomic E-state index is 0.0195. The van der Waals surface area contributed by atoms with Crippen molar-refractivity contribution in [1.82, 2.24) is 20.9 Å². The van der Waals surface area contributed by atoms with E-state index in [4.69, 9.17) is 17.2 Å². The molecule has 0 fully saturated rings. The number of para-hydroxylation sites is 1. The molecule has 11 N–H and O–H groups in total. The third-order valence-electron chi connectivity index (χ3n) is 6.58. The number of aliphatic carboxylic acids is 1. The van der Waals surface area contributed by atoms with Crippen molar-refractivity contribution in [3.8, 4) is 0 Å². The van der Waals surface area contributed by atoms with E-state index in [-0.39, 0.29) is 25.2 Å². The van der Waals surface area contributed by atoms with Gasteiger partial charge in [-0.1, -0.05) is 38.5 Å². The predicted molar refractivity (Wildman–Crippen MR) is 150 cm³/mol. The molecule has 4 unspecified atom stereocenters. The maximum absolute atomic E-state index is 13.2. The Morgan fingerprint density at radius 1 is 0.925 bits per heavy atom. The summed E-state index contributed by atoms with van der Waals surface area (Å²) in [6, 6.07) is 2.89. The molecule has 2 aromatic rings. The number of carboxylic acids is 1. The fraction of sp³-hybridized carbons (Fsp3) is 0.519. The minimum atomic E-state index is -1.31. The minimum Gasteiger partial charge on any atom is -0.480 e. The summed E-state index contributed by atoms with van der Waals surface area (Å²) in [6.45, 7) is 3.90. The van der Waals surface area contributed by atoms with Crippen molar-refractivity contribution in [3.05, 3.63) is 36.0 Å². The van der Waals surface area contributed by atoms with Gasteiger partial charge < -0.3 is 43.2 Å². The summed E-state index contributed by atoms with van der Waals surface area (Å²) in [5, 5.41) is 18.3. The van der Waals surface area contributed by atoms with Gasteiger partial charge in [0.05, 0.1) is 6.04 Å². The van der Waals surface area contributed by atoms with Crippen LogP contribution in [0.25, 0.3) is 10.9 Å². The van der Waals surface area contributed by atoms with E-state index >= 15 is 0 Å². The zero-order valence-corrected chi connectivity index (χ0v) is 22.9. The molecular weight excluding hydrogens is 518 g/mol. The molecule has 0 spiro atoms. The Bertz CT molecular complexity index is 1180. The first-order valence-corrected chi connectivity index (χ1v) is 13.4. The highest BCUT2D eigenvalue weighted by atomic mass is 16.4. The average Bonchev–Trinajstić information content (AvgIpc) is 3.31. The SMILES string of the molecule is CC(C)C(NC(=O)C(N)CCCCN)C(=O)NC(CCC(N)=O)C(=O)NC(Cc1c[nH]c2ccccc12)C(=O)O. The Kier molecular flexibility index (Phi) is 12.6. The average molecular weight is 560 g/mol. The number of carbonyl (C=O) groups is 5. The predicted octanol–water partition coefficient (Wildman–Crippen LogP) is -0.373. The second kappa shape index (κ2) is 15.6. The molecule has 0 aliphatic heterocycles. The van der Waals surface area contributed by atoms with Gasteiger partial charge in [0.25, 0.3) is 0 Å². The summed E-state index contributed by atoms with van der Waals surface area (Å²) in [6.07, 6.45) is 3.02. The molecule has 40 heavy (non-hydrogen) atoms. The van der Waals surface area contributed by atoms with Crippen molar-refractivity contribution in [2.24, 2.45) is 23.1 Å². The van der Waals surface area contributed by atoms with Gasteiger partial charge in [0.15, 0.2) is 0 Å². The molecule has 0 aliphatic carbocycles. The molecule has 0 saturated heterocycles. The molecule has 1 heterocycles. The van der Waals surface area contributed by atoms with Crippen molar-refractivity contribution >= 4 is 40.5 Å². The number of H-pyrrole nitrogens is 1. The highest BCUT2D eigenvalue weighted by Crippen LogP contribution is 2.19. The summed E-state index contributed by atoms with van der Waals surface area (Å²) in [4.78, 5) is 65.5. The molecule has 0 aliphatic rings. The summed E-state index contributed by atoms with van der Waals surface area (Å²) in [5.41, 5.74) is 18.2. The van der Waals surface area contributed by atoms with Gasteiger partial charge in [-0.3, -0.25) is 19.2 Å². The van der Waals surface area contributed by atoms with Crippen LogP contribution < -0.4 is 33.2 Å². The molecule has 1 aromatic heterocycles. The molecule has 220 valence electrons. The van der Waals surface area contributed by atoms with Gasteiger partial charge in [0.1, 0.15) is 18.1 Å². The summed E-state index contributed by atoms with van der Waals surface area (Å²) in [5.74, 6) is -4.32. The van der Waals surface area contributed by atoms with Gasteiger partial charge in [-0.2, -0.15) is 0 Å². The summed E-state index contributed by atoms with van der Waals surface area (Å²) >= 11 is 0. The smallest absolute Gasteiger partial charge is 0.326 e. The molecule has 0 bridgehead atoms. The van der Waals surface area contributed by atoms with Crippen LogP contribution in [-0.2, 0) is 30.4 Å². The highest BCUT2D eigenvalue weighted by Gasteiger charge is 2.32. The van der Waals surface area contributed by atoms with Crippen LogP contribution in [0.2, 0.25) is 0 Å². The monoisotopic (exact) mass is 559 g/mol. The maximum Gasteiger partial charge on any atom is 0.326 e. The first-order valence-electron chi connectivity index (χ1n) is 13.4. The van der Waals surface area contributed by atoms with E-state index in [1.807, 2.05) is 24.3 Å². The Balaban J connectivity index is 2.15. The van der Waals surface area contributed by atoms with Crippen molar-refractivity contribution in [2.45, 2.75) is 76.5 Å². The number of rotatable bonds is 17. The van der Waals surface area contributed by atoms with Crippen molar-refractivity contribution in [1.29, 1.82) is 0 Å². The second-order valence-corrected chi connectivity index (χ2v) is 10.2. The molecular formula is C27H41N7O6. The number of amides is 4. The Labute approximate surface area is 233 Å². The molecule has 13 heteroatoms. The van der Waals surface area contributed by atoms with Gasteiger partial charge in [0.2, 0.25) is 23.6 Å². The fourth-order valence-electron chi connectivity index (χ4n) is 4.24. The molecule has 4 atom stereocenters. The molecule has 0 saturated carbocycles. The topological polar surface area (TPSA) is 236 Å². The second-order valence-electron chi connectivity index (χ2n) is 10.2. The lowest BCUT2D eigenvalue weighted by atomic mass is 10.0. The van der Waals surface area contributed by atoms with Crippen LogP contribution >= 0.6 is 0 Å². The van der Waals surface area contributed by atoms with E-state index in [9.17, 15) is 29.1 Å². The number of primary amides is 1. The third-order valence-corrected chi connectivity index (χ3v) is 6.58. The van der Waals surface area contributed by atoms with E-state index in [1.54, 1.807) is 20.0 Å². The number of nitrogens with one attached hydrogen (secondary N) is 4. The number of nitrogens with two attached hydrogens (primary N) is 3. The Morgan fingerprint density at radius 2 is 1.60 bits per heavy atom. The largest absolute Gasteiger partial charge is 0.480 e. The van der Waals surface area contributed by atoms with Gasteiger partial charge in [0, 0.05) is 29.9 Å². The first-order chi connectivity index (χ1) is 18.9. The number of fused-ring (bicyclic) bond motifs is 1. The van der Waals surface area contributed by atoms with Crippen LogP contribution in [0.1, 0.15) is 51.5 Å². The van der Waals surface area contributed by atoms with Crippen molar-refractivity contribution in [3.63, 3.8) is 0 Å². The third kappa shape index (κ3) is 9.65. The van der Waals surface area contributed by atoms with Gasteiger partial charge in [-0.25, -0.2) is 4.79 Å². The Morgan fingerprint density at radius 3 is 2.23 bits per heavy atom. The lowest BCUT2D eigenvalue weighted by Crippen LogP contribution is -2.58. The van der Waals surface area contributed by atoms with Crippen LogP contribution in [0, 0.1) is 5.92 Å². The number of benzene rings is 1. The number of carbonyl (C=O) groups excluding carboxylic acids is 4. The molecule has 2 rings (SSSR count). The maximum atomic E-state index is 13.2. The van der Waals surface area contributed by atoms with E-state index in [1.165, 1.54) is 0 Å². The van der Waals surface area contributed by atoms with Gasteiger partial charge in [-0.05, 0) is 43.4 Å². The highest BCUT2D eigenvalue weighted by molar-refractivity contribution is 5.94. The summed E-state index contributed by atoms with van der Waals surface area (Å²) < 4.78 is 0. The zero-order chi connectivity index (χ0) is 29.8. The molecule has 0 radical (unpaired) electrons. The van der Waals surface area contributed by atoms with Gasteiger partial charge in [-0.15, -0.1) is 0 Å². The summed E-state index contributed by atoms with van der Waals surface area (Å²) in [7, 11) is 0. The fourth-order valence-corrected chi connectivity index (χ4v) is 4.24. The van der Waals surface area contributed by atoms with Crippen LogP contribution in [0.5, 0.6) is 0 Å². The van der Waals surface area contributed by atoms with Crippen molar-refractivity contribution < 1.29 is 29.1 Å². The number of unbranched alkanes of at least 4 members (excludes halogenated alkanes) is 1. The number of aromatic nitrogens is 1. The van der Waals surface area contributed by atoms with E-state index in [2.05, 4.69) is 20.9 Å². The van der Waals surface area contributed by atoms with E-state index in [0.29, 0.717) is 31.4 Å². The van der Waals surface area contributed by atoms with Crippen LogP contribution in [0.4, 0.5) is 0 Å². The first kappa shape index (κ1) is 32.2. The van der Waals surface area contributed by atoms with Crippen LogP contribution in [-0.4, -0.2) is 70.4 Å².